The highest BCUT2D eigenvalue weighted by Gasteiger charge is 2.17. The molecule has 0 aliphatic heterocycles. The quantitative estimate of drug-likeness (QED) is 0.0634. The summed E-state index contributed by atoms with van der Waals surface area (Å²) in [4.78, 5) is 12.3. The van der Waals surface area contributed by atoms with Crippen LogP contribution in [0.1, 0.15) is 16.8 Å². The van der Waals surface area contributed by atoms with Gasteiger partial charge in [-0.2, -0.15) is 23.8 Å². The van der Waals surface area contributed by atoms with Gasteiger partial charge in [0.05, 0.1) is 23.7 Å². The topological polar surface area (TPSA) is 188 Å². The van der Waals surface area contributed by atoms with Crippen LogP contribution in [0.15, 0.2) is 135 Å². The van der Waals surface area contributed by atoms with E-state index in [0.29, 0.717) is 50.2 Å². The fraction of sp³-hybridized carbons (Fsp3) is 0.0556. The Labute approximate surface area is 281 Å². The van der Waals surface area contributed by atoms with Gasteiger partial charge in [0, 0.05) is 33.8 Å². The Bertz CT molecular complexity index is 2360. The van der Waals surface area contributed by atoms with Crippen LogP contribution in [0.5, 0.6) is 11.5 Å². The number of nitrogens with zero attached hydrogens (tertiary/aromatic N) is 4. The predicted octanol–water partition coefficient (Wildman–Crippen LogP) is 9.09. The van der Waals surface area contributed by atoms with E-state index in [2.05, 4.69) is 25.8 Å². The van der Waals surface area contributed by atoms with E-state index in [0.717, 1.165) is 0 Å². The maximum atomic E-state index is 12.6. The number of nitrogens with one attached hydrogen (secondary N) is 1. The van der Waals surface area contributed by atoms with Crippen molar-refractivity contribution in [1.82, 2.24) is 0 Å². The summed E-state index contributed by atoms with van der Waals surface area (Å²) in [5.74, 6) is -0.0802. The number of ether oxygens (including phenoxy) is 1. The molecule has 0 spiro atoms. The minimum absolute atomic E-state index is 0.0602. The summed E-state index contributed by atoms with van der Waals surface area (Å²) in [7, 11) is -4.56. The smallest absolute Gasteiger partial charge is 0.295 e. The van der Waals surface area contributed by atoms with Gasteiger partial charge in [0.25, 0.3) is 16.0 Å². The highest BCUT2D eigenvalue weighted by atomic mass is 32.2. The molecule has 13 heteroatoms. The van der Waals surface area contributed by atoms with Gasteiger partial charge in [0.2, 0.25) is 0 Å². The Morgan fingerprint density at radius 3 is 2.08 bits per heavy atom. The summed E-state index contributed by atoms with van der Waals surface area (Å²) >= 11 is 0. The van der Waals surface area contributed by atoms with E-state index in [4.69, 9.17) is 17.4 Å². The largest absolute Gasteiger partial charge is 0.505 e. The Morgan fingerprint density at radius 2 is 1.39 bits per heavy atom. The second-order valence-corrected chi connectivity index (χ2v) is 12.2. The van der Waals surface area contributed by atoms with Gasteiger partial charge in [-0.25, -0.2) is 0 Å². The number of aromatic hydroxyl groups is 1. The highest BCUT2D eigenvalue weighted by Crippen LogP contribution is 2.37. The van der Waals surface area contributed by atoms with Gasteiger partial charge < -0.3 is 20.9 Å². The number of nitrogens with two attached hydrogens (primary N) is 1. The van der Waals surface area contributed by atoms with Crippen LogP contribution in [-0.2, 0) is 10.1 Å². The first-order valence-electron chi connectivity index (χ1n) is 14.8. The average molecular weight is 673 g/mol. The summed E-state index contributed by atoms with van der Waals surface area (Å²) in [5, 5.41) is 32.6. The van der Waals surface area contributed by atoms with E-state index in [1.807, 2.05) is 0 Å². The molecule has 0 aliphatic rings. The van der Waals surface area contributed by atoms with Crippen LogP contribution >= 0.6 is 0 Å². The van der Waals surface area contributed by atoms with Gasteiger partial charge in [-0.15, -0.1) is 5.11 Å². The van der Waals surface area contributed by atoms with E-state index >= 15 is 0 Å². The first-order valence-corrected chi connectivity index (χ1v) is 16.3. The Morgan fingerprint density at radius 1 is 0.755 bits per heavy atom. The van der Waals surface area contributed by atoms with Crippen molar-refractivity contribution in [3.8, 4) is 11.5 Å². The molecule has 5 N–H and O–H groups in total. The van der Waals surface area contributed by atoms with Crippen LogP contribution in [0.2, 0.25) is 0 Å². The number of amides is 1. The lowest BCUT2D eigenvalue weighted by atomic mass is 10.1. The molecule has 6 aromatic rings. The summed E-state index contributed by atoms with van der Waals surface area (Å²) in [6.45, 7) is 5.65. The molecular formula is C36H28N6O6S. The third kappa shape index (κ3) is 7.70. The van der Waals surface area contributed by atoms with Gasteiger partial charge in [0.15, 0.2) is 5.75 Å². The van der Waals surface area contributed by atoms with Crippen LogP contribution in [0.25, 0.3) is 21.5 Å². The maximum Gasteiger partial charge on any atom is 0.295 e. The maximum absolute atomic E-state index is 12.6. The second kappa shape index (κ2) is 13.9. The molecule has 244 valence electrons. The number of hydrogen-bond acceptors (Lipinski definition) is 10. The molecule has 1 amide bonds. The van der Waals surface area contributed by atoms with Gasteiger partial charge in [-0.05, 0) is 115 Å². The molecule has 0 atom stereocenters. The standard InChI is InChI=1S/C36H28N6O6S/c1-2-17-48-30-19-24-5-9-29(20-32(24)34(21-30)49(45,46)47)41-39-26-10-12-27(13-11-26)40-42-33-16-6-23-18-28(14-15-31(23)35(33)43)38-36(44)22-3-7-25(37)8-4-22/h1,3-16,18-21,43H,2,17,37H2,(H,38,44)(H,45,46,47). The molecule has 0 aliphatic carbocycles. The lowest BCUT2D eigenvalue weighted by Crippen LogP contribution is -2.11. The zero-order valence-corrected chi connectivity index (χ0v) is 26.5. The third-order valence-electron chi connectivity index (χ3n) is 7.34. The average Bonchev–Trinajstić information content (AvgIpc) is 3.09. The number of anilines is 2. The van der Waals surface area contributed by atoms with Gasteiger partial charge in [-0.1, -0.05) is 12.1 Å². The van der Waals surface area contributed by atoms with E-state index in [9.17, 15) is 22.9 Å². The summed E-state index contributed by atoms with van der Waals surface area (Å²) in [6.07, 6.45) is 0.245. The Hall–Kier alpha value is -6.18. The van der Waals surface area contributed by atoms with Crippen molar-refractivity contribution in [2.75, 3.05) is 17.7 Å². The van der Waals surface area contributed by atoms with E-state index in [-0.39, 0.29) is 46.4 Å². The molecule has 49 heavy (non-hydrogen) atoms. The van der Waals surface area contributed by atoms with Crippen molar-refractivity contribution >= 4 is 71.7 Å². The van der Waals surface area contributed by atoms with Crippen LogP contribution in [0, 0.1) is 6.92 Å². The number of hydrogen-bond donors (Lipinski definition) is 4. The number of nitrogen functional groups attached to an aromatic ring is 1. The van der Waals surface area contributed by atoms with Gasteiger partial charge >= 0.3 is 0 Å². The molecular weight excluding hydrogens is 644 g/mol. The predicted molar refractivity (Wildman–Crippen MR) is 187 cm³/mol. The third-order valence-corrected chi connectivity index (χ3v) is 8.24. The fourth-order valence-corrected chi connectivity index (χ4v) is 5.65. The lowest BCUT2D eigenvalue weighted by Gasteiger charge is -2.10. The van der Waals surface area contributed by atoms with Crippen molar-refractivity contribution in [3.05, 3.63) is 122 Å². The Kier molecular flexibility index (Phi) is 9.29. The summed E-state index contributed by atoms with van der Waals surface area (Å²) in [5.41, 5.74) is 8.90. The van der Waals surface area contributed by atoms with Crippen LogP contribution in [0.3, 0.4) is 0 Å². The minimum Gasteiger partial charge on any atom is -0.505 e. The molecule has 0 saturated carbocycles. The molecule has 2 radical (unpaired) electrons. The first-order chi connectivity index (χ1) is 23.6. The summed E-state index contributed by atoms with van der Waals surface area (Å²) < 4.78 is 39.4. The molecule has 0 bridgehead atoms. The monoisotopic (exact) mass is 672 g/mol. The first kappa shape index (κ1) is 32.7. The van der Waals surface area contributed by atoms with E-state index < -0.39 is 10.1 Å². The number of benzene rings is 6. The number of phenolic OH excluding ortho intramolecular Hbond substituents is 1. The Balaban J connectivity index is 1.15. The molecule has 0 aromatic heterocycles. The van der Waals surface area contributed by atoms with Crippen molar-refractivity contribution < 1.29 is 27.6 Å². The van der Waals surface area contributed by atoms with Gasteiger partial charge in [0.1, 0.15) is 16.3 Å². The molecule has 12 nitrogen and oxygen atoms in total. The van der Waals surface area contributed by atoms with E-state index in [1.165, 1.54) is 12.1 Å². The second-order valence-electron chi connectivity index (χ2n) is 10.8. The van der Waals surface area contributed by atoms with Crippen molar-refractivity contribution in [3.63, 3.8) is 0 Å². The minimum atomic E-state index is -4.56. The summed E-state index contributed by atoms with van der Waals surface area (Å²) in [6, 6.07) is 29.5. The molecule has 6 aromatic carbocycles. The van der Waals surface area contributed by atoms with Crippen molar-refractivity contribution in [2.24, 2.45) is 20.5 Å². The number of fused-ring (bicyclic) bond motifs is 2. The molecule has 0 heterocycles. The SMILES string of the molecule is [CH]CCOc1cc(S(=O)(=O)O)c2cc(N=Nc3ccc(N=Nc4ccc5cc(NC(=O)c6ccc(N)cc6)ccc5c4O)cc3)ccc2c1. The molecule has 0 saturated heterocycles. The number of rotatable bonds is 10. The normalized spacial score (nSPS) is 11.9. The zero-order chi connectivity index (χ0) is 34.5. The molecule has 0 unspecified atom stereocenters. The number of carbonyl (C=O) groups excluding carboxylic acids is 1. The zero-order valence-electron chi connectivity index (χ0n) is 25.7. The number of phenols is 1. The van der Waals surface area contributed by atoms with Crippen molar-refractivity contribution in [1.29, 1.82) is 0 Å². The number of carbonyl (C=O) groups is 1. The lowest BCUT2D eigenvalue weighted by molar-refractivity contribution is 0.102. The molecule has 0 fully saturated rings. The highest BCUT2D eigenvalue weighted by molar-refractivity contribution is 7.86. The number of azo groups is 2. The fourth-order valence-electron chi connectivity index (χ4n) is 4.93. The van der Waals surface area contributed by atoms with Crippen molar-refractivity contribution in [2.45, 2.75) is 11.3 Å². The molecule has 6 rings (SSSR count). The van der Waals surface area contributed by atoms with Gasteiger partial charge in [-0.3, -0.25) is 9.35 Å². The van der Waals surface area contributed by atoms with Crippen LogP contribution < -0.4 is 15.8 Å². The van der Waals surface area contributed by atoms with Crippen LogP contribution in [-0.4, -0.2) is 30.6 Å². The van der Waals surface area contributed by atoms with E-state index in [1.54, 1.807) is 97.1 Å². The van der Waals surface area contributed by atoms with Crippen LogP contribution in [0.4, 0.5) is 34.1 Å².